The molecule has 5 atom stereocenters. The van der Waals surface area contributed by atoms with Gasteiger partial charge >= 0.3 is 0 Å². The van der Waals surface area contributed by atoms with E-state index in [-0.39, 0.29) is 22.5 Å². The summed E-state index contributed by atoms with van der Waals surface area (Å²) in [5.74, 6) is 1.07. The summed E-state index contributed by atoms with van der Waals surface area (Å²) in [6.45, 7) is 5.78. The van der Waals surface area contributed by atoms with Crippen LogP contribution in [0, 0.1) is 28.6 Å². The molecule has 4 fully saturated rings. The second kappa shape index (κ2) is 5.04. The molecule has 0 aromatic carbocycles. The molecule has 0 bridgehead atoms. The molecule has 4 aliphatic carbocycles. The first-order valence-electron chi connectivity index (χ1n) is 9.94. The molecular weight excluding hydrogens is 316 g/mol. The Morgan fingerprint density at radius 3 is 2.56 bits per heavy atom. The van der Waals surface area contributed by atoms with Crippen LogP contribution in [0.15, 0.2) is 11.6 Å². The van der Waals surface area contributed by atoms with Crippen molar-refractivity contribution in [1.29, 1.82) is 0 Å². The van der Waals surface area contributed by atoms with Crippen molar-refractivity contribution in [2.24, 2.45) is 28.6 Å². The van der Waals surface area contributed by atoms with Gasteiger partial charge in [0.15, 0.2) is 11.6 Å². The summed E-state index contributed by atoms with van der Waals surface area (Å²) in [5, 5.41) is 0. The minimum atomic E-state index is -0.530. The normalized spacial score (nSPS) is 48.1. The molecule has 4 heteroatoms. The van der Waals surface area contributed by atoms with Crippen LogP contribution in [0.1, 0.15) is 58.8 Å². The van der Waals surface area contributed by atoms with Crippen LogP contribution in [0.2, 0.25) is 0 Å². The van der Waals surface area contributed by atoms with Crippen LogP contribution in [0.3, 0.4) is 0 Å². The molecule has 1 aliphatic heterocycles. The molecule has 0 radical (unpaired) electrons. The first kappa shape index (κ1) is 16.2. The van der Waals surface area contributed by atoms with Crippen LogP contribution in [0.25, 0.3) is 0 Å². The molecule has 3 unspecified atom stereocenters. The number of allylic oxidation sites excluding steroid dienone is 1. The Bertz CT molecular complexity index is 673. The van der Waals surface area contributed by atoms with Crippen LogP contribution in [0.5, 0.6) is 0 Å². The predicted octanol–water partition coefficient (Wildman–Crippen LogP) is 3.44. The van der Waals surface area contributed by atoms with E-state index >= 15 is 0 Å². The fourth-order valence-electron chi connectivity index (χ4n) is 7.26. The highest BCUT2D eigenvalue weighted by atomic mass is 16.7. The average molecular weight is 344 g/mol. The van der Waals surface area contributed by atoms with E-state index in [1.807, 2.05) is 6.08 Å². The number of ketones is 2. The molecular formula is C21H28O4. The van der Waals surface area contributed by atoms with Gasteiger partial charge in [-0.3, -0.25) is 9.59 Å². The van der Waals surface area contributed by atoms with E-state index < -0.39 is 5.79 Å². The molecule has 5 rings (SSSR count). The summed E-state index contributed by atoms with van der Waals surface area (Å²) in [6.07, 6.45) is 7.87. The highest BCUT2D eigenvalue weighted by Gasteiger charge is 2.69. The van der Waals surface area contributed by atoms with Crippen LogP contribution in [0.4, 0.5) is 0 Å². The monoisotopic (exact) mass is 344 g/mol. The lowest BCUT2D eigenvalue weighted by Gasteiger charge is -2.57. The number of rotatable bonds is 0. The van der Waals surface area contributed by atoms with Crippen molar-refractivity contribution in [2.75, 3.05) is 13.2 Å². The van der Waals surface area contributed by atoms with Crippen LogP contribution in [-0.4, -0.2) is 30.6 Å². The van der Waals surface area contributed by atoms with E-state index in [2.05, 4.69) is 13.8 Å². The molecule has 0 aromatic rings. The maximum Gasteiger partial charge on any atom is 0.174 e. The lowest BCUT2D eigenvalue weighted by atomic mass is 9.46. The lowest BCUT2D eigenvalue weighted by molar-refractivity contribution is -0.239. The van der Waals surface area contributed by atoms with Gasteiger partial charge in [0.2, 0.25) is 0 Å². The zero-order valence-corrected chi connectivity index (χ0v) is 15.3. The van der Waals surface area contributed by atoms with E-state index in [4.69, 9.17) is 9.47 Å². The largest absolute Gasteiger partial charge is 0.347 e. The third-order valence-electron chi connectivity index (χ3n) is 8.45. The van der Waals surface area contributed by atoms with Crippen molar-refractivity contribution in [3.63, 3.8) is 0 Å². The molecule has 5 aliphatic rings. The van der Waals surface area contributed by atoms with E-state index in [1.165, 1.54) is 5.57 Å². The summed E-state index contributed by atoms with van der Waals surface area (Å²) in [7, 11) is 0. The standard InChI is InChI=1S/C21H28O4/c1-19-7-5-14(22)11-13(19)3-4-15-16-6-8-21(24-9-10-25-21)20(16,2)12-17(23)18(15)19/h11,15-16,18H,3-10,12H2,1-2H3/t15?,16?,18?,19-,20-/m0/s1. The van der Waals surface area contributed by atoms with Crippen molar-refractivity contribution < 1.29 is 19.1 Å². The van der Waals surface area contributed by atoms with Crippen molar-refractivity contribution in [1.82, 2.24) is 0 Å². The molecule has 1 heterocycles. The Labute approximate surface area is 149 Å². The third-order valence-corrected chi connectivity index (χ3v) is 8.45. The first-order valence-corrected chi connectivity index (χ1v) is 9.94. The molecule has 0 aromatic heterocycles. The van der Waals surface area contributed by atoms with Gasteiger partial charge < -0.3 is 9.47 Å². The first-order chi connectivity index (χ1) is 11.9. The second-order valence-electron chi connectivity index (χ2n) is 9.39. The Kier molecular flexibility index (Phi) is 3.26. The van der Waals surface area contributed by atoms with Gasteiger partial charge in [-0.15, -0.1) is 0 Å². The number of carbonyl (C=O) groups excluding carboxylic acids is 2. The Balaban J connectivity index is 1.55. The van der Waals surface area contributed by atoms with Gasteiger partial charge in [0.25, 0.3) is 0 Å². The number of hydrogen-bond donors (Lipinski definition) is 0. The summed E-state index contributed by atoms with van der Waals surface area (Å²) >= 11 is 0. The van der Waals surface area contributed by atoms with Gasteiger partial charge in [0, 0.05) is 30.6 Å². The van der Waals surface area contributed by atoms with Crippen LogP contribution < -0.4 is 0 Å². The molecule has 3 saturated carbocycles. The zero-order valence-electron chi connectivity index (χ0n) is 15.3. The maximum atomic E-state index is 13.4. The molecule has 136 valence electrons. The van der Waals surface area contributed by atoms with Crippen LogP contribution >= 0.6 is 0 Å². The van der Waals surface area contributed by atoms with Gasteiger partial charge in [-0.2, -0.15) is 0 Å². The molecule has 1 saturated heterocycles. The number of fused-ring (bicyclic) bond motifs is 6. The molecule has 1 spiro atoms. The van der Waals surface area contributed by atoms with Gasteiger partial charge in [-0.05, 0) is 49.0 Å². The number of ether oxygens (including phenoxy) is 2. The van der Waals surface area contributed by atoms with E-state index in [1.54, 1.807) is 0 Å². The zero-order chi connectivity index (χ0) is 17.4. The maximum absolute atomic E-state index is 13.4. The number of hydrogen-bond acceptors (Lipinski definition) is 4. The summed E-state index contributed by atoms with van der Waals surface area (Å²) in [5.41, 5.74) is 0.940. The van der Waals surface area contributed by atoms with E-state index in [0.717, 1.165) is 32.1 Å². The molecule has 4 nitrogen and oxygen atoms in total. The average Bonchev–Trinajstić information content (AvgIpc) is 3.15. The smallest absolute Gasteiger partial charge is 0.174 e. The number of carbonyl (C=O) groups is 2. The molecule has 0 N–H and O–H groups in total. The third kappa shape index (κ3) is 1.90. The van der Waals surface area contributed by atoms with Crippen molar-refractivity contribution >= 4 is 11.6 Å². The fraction of sp³-hybridized carbons (Fsp3) is 0.810. The Morgan fingerprint density at radius 1 is 1.04 bits per heavy atom. The SMILES string of the molecule is C[C@]12CCC(=O)C=C1CCC1C2C(=O)C[C@@]2(C)C1CCC21OCCO1. The van der Waals surface area contributed by atoms with Crippen molar-refractivity contribution in [2.45, 2.75) is 64.6 Å². The van der Waals surface area contributed by atoms with Gasteiger partial charge in [-0.1, -0.05) is 19.4 Å². The minimum Gasteiger partial charge on any atom is -0.347 e. The van der Waals surface area contributed by atoms with Gasteiger partial charge in [0.1, 0.15) is 5.78 Å². The summed E-state index contributed by atoms with van der Waals surface area (Å²) in [6, 6.07) is 0. The topological polar surface area (TPSA) is 52.6 Å². The minimum absolute atomic E-state index is 0.0789. The lowest BCUT2D eigenvalue weighted by Crippen LogP contribution is -2.58. The fourth-order valence-corrected chi connectivity index (χ4v) is 7.26. The van der Waals surface area contributed by atoms with Crippen molar-refractivity contribution in [3.8, 4) is 0 Å². The Morgan fingerprint density at radius 2 is 1.80 bits per heavy atom. The van der Waals surface area contributed by atoms with Crippen LogP contribution in [-0.2, 0) is 19.1 Å². The molecule has 0 amide bonds. The van der Waals surface area contributed by atoms with Gasteiger partial charge in [0.05, 0.1) is 13.2 Å². The van der Waals surface area contributed by atoms with Gasteiger partial charge in [-0.25, -0.2) is 0 Å². The highest BCUT2D eigenvalue weighted by Crippen LogP contribution is 2.67. The predicted molar refractivity (Wildman–Crippen MR) is 91.7 cm³/mol. The second-order valence-corrected chi connectivity index (χ2v) is 9.39. The van der Waals surface area contributed by atoms with E-state index in [9.17, 15) is 9.59 Å². The highest BCUT2D eigenvalue weighted by molar-refractivity contribution is 5.93. The van der Waals surface area contributed by atoms with Crippen molar-refractivity contribution in [3.05, 3.63) is 11.6 Å². The molecule has 25 heavy (non-hydrogen) atoms. The quantitative estimate of drug-likeness (QED) is 0.675. The van der Waals surface area contributed by atoms with E-state index in [0.29, 0.717) is 43.7 Å². The Hall–Kier alpha value is -1.00. The summed E-state index contributed by atoms with van der Waals surface area (Å²) in [4.78, 5) is 25.3. The number of Topliss-reactive ketones (excluding diaryl/α,β-unsaturated/α-hetero) is 1. The summed E-state index contributed by atoms with van der Waals surface area (Å²) < 4.78 is 12.2.